The summed E-state index contributed by atoms with van der Waals surface area (Å²) in [5.41, 5.74) is 1.35. The van der Waals surface area contributed by atoms with Crippen molar-refractivity contribution in [2.24, 2.45) is 0 Å². The molecular formula is C13H18N4S. The molecular weight excluding hydrogens is 244 g/mol. The fraction of sp³-hybridized carbons (Fsp3) is 0.538. The van der Waals surface area contributed by atoms with Crippen molar-refractivity contribution in [3.05, 3.63) is 34.0 Å². The molecule has 0 radical (unpaired) electrons. The summed E-state index contributed by atoms with van der Waals surface area (Å²) in [4.78, 5) is 0. The van der Waals surface area contributed by atoms with E-state index in [0.717, 1.165) is 31.2 Å². The molecule has 1 unspecified atom stereocenters. The lowest BCUT2D eigenvalue weighted by atomic mass is 10.1. The van der Waals surface area contributed by atoms with Gasteiger partial charge in [0.15, 0.2) is 0 Å². The molecule has 1 aliphatic heterocycles. The molecule has 1 aliphatic rings. The van der Waals surface area contributed by atoms with E-state index in [1.54, 1.807) is 11.3 Å². The van der Waals surface area contributed by atoms with Crippen molar-refractivity contribution in [3.63, 3.8) is 0 Å². The van der Waals surface area contributed by atoms with E-state index in [0.29, 0.717) is 6.04 Å². The van der Waals surface area contributed by atoms with E-state index >= 15 is 0 Å². The van der Waals surface area contributed by atoms with E-state index in [-0.39, 0.29) is 0 Å². The average Bonchev–Trinajstić information content (AvgIpc) is 3.06. The molecule has 3 heterocycles. The SMILES string of the molecule is CC(NCc1nnc2n1CCCC2)c1ccsc1. The van der Waals surface area contributed by atoms with Crippen LogP contribution in [0.3, 0.4) is 0 Å². The van der Waals surface area contributed by atoms with Crippen molar-refractivity contribution in [2.75, 3.05) is 0 Å². The van der Waals surface area contributed by atoms with E-state index in [2.05, 4.69) is 43.8 Å². The monoisotopic (exact) mass is 262 g/mol. The van der Waals surface area contributed by atoms with Crippen LogP contribution in [0.25, 0.3) is 0 Å². The Kier molecular flexibility index (Phi) is 3.43. The van der Waals surface area contributed by atoms with Gasteiger partial charge in [-0.1, -0.05) is 0 Å². The van der Waals surface area contributed by atoms with Crippen LogP contribution in [0.5, 0.6) is 0 Å². The summed E-state index contributed by atoms with van der Waals surface area (Å²) >= 11 is 1.74. The molecule has 2 aromatic rings. The van der Waals surface area contributed by atoms with Gasteiger partial charge in [-0.15, -0.1) is 10.2 Å². The number of nitrogens with one attached hydrogen (secondary N) is 1. The Hall–Kier alpha value is -1.20. The number of aryl methyl sites for hydroxylation is 1. The second kappa shape index (κ2) is 5.20. The Bertz CT molecular complexity index is 503. The standard InChI is InChI=1S/C13H18N4S/c1-10(11-5-7-18-9-11)14-8-13-16-15-12-4-2-3-6-17(12)13/h5,7,9-10,14H,2-4,6,8H2,1H3. The number of rotatable bonds is 4. The van der Waals surface area contributed by atoms with Crippen LogP contribution in [0.2, 0.25) is 0 Å². The van der Waals surface area contributed by atoms with Gasteiger partial charge in [-0.3, -0.25) is 0 Å². The maximum Gasteiger partial charge on any atom is 0.147 e. The lowest BCUT2D eigenvalue weighted by Gasteiger charge is -2.16. The summed E-state index contributed by atoms with van der Waals surface area (Å²) in [6.45, 7) is 4.06. The number of aromatic nitrogens is 3. The van der Waals surface area contributed by atoms with Crippen molar-refractivity contribution in [1.82, 2.24) is 20.1 Å². The first kappa shape index (κ1) is 11.9. The molecule has 2 aromatic heterocycles. The third-order valence-electron chi connectivity index (χ3n) is 3.55. The van der Waals surface area contributed by atoms with Crippen molar-refractivity contribution < 1.29 is 0 Å². The van der Waals surface area contributed by atoms with Crippen LogP contribution in [-0.4, -0.2) is 14.8 Å². The number of nitrogens with zero attached hydrogens (tertiary/aromatic N) is 3. The van der Waals surface area contributed by atoms with Crippen molar-refractivity contribution in [1.29, 1.82) is 0 Å². The first-order valence-electron chi connectivity index (χ1n) is 6.51. The Morgan fingerprint density at radius 1 is 1.44 bits per heavy atom. The molecule has 0 fully saturated rings. The van der Waals surface area contributed by atoms with E-state index < -0.39 is 0 Å². The topological polar surface area (TPSA) is 42.7 Å². The second-order valence-corrected chi connectivity index (χ2v) is 5.58. The molecule has 0 amide bonds. The van der Waals surface area contributed by atoms with E-state index in [9.17, 15) is 0 Å². The summed E-state index contributed by atoms with van der Waals surface area (Å²) in [7, 11) is 0. The maximum atomic E-state index is 4.30. The zero-order chi connectivity index (χ0) is 12.4. The Balaban J connectivity index is 1.65. The fourth-order valence-corrected chi connectivity index (χ4v) is 3.14. The Morgan fingerprint density at radius 2 is 2.39 bits per heavy atom. The maximum absolute atomic E-state index is 4.30. The molecule has 0 saturated heterocycles. The quantitative estimate of drug-likeness (QED) is 0.920. The van der Waals surface area contributed by atoms with E-state index in [1.807, 2.05) is 0 Å². The molecule has 1 atom stereocenters. The van der Waals surface area contributed by atoms with Crippen LogP contribution in [-0.2, 0) is 19.5 Å². The Morgan fingerprint density at radius 3 is 3.22 bits per heavy atom. The first-order chi connectivity index (χ1) is 8.84. The minimum absolute atomic E-state index is 0.368. The van der Waals surface area contributed by atoms with Gasteiger partial charge < -0.3 is 9.88 Å². The highest BCUT2D eigenvalue weighted by Crippen LogP contribution is 2.17. The van der Waals surface area contributed by atoms with Gasteiger partial charge in [0.1, 0.15) is 11.6 Å². The van der Waals surface area contributed by atoms with Crippen LogP contribution in [0.4, 0.5) is 0 Å². The molecule has 18 heavy (non-hydrogen) atoms. The van der Waals surface area contributed by atoms with Gasteiger partial charge in [-0.05, 0) is 42.2 Å². The summed E-state index contributed by atoms with van der Waals surface area (Å²) in [6, 6.07) is 2.54. The molecule has 5 heteroatoms. The molecule has 0 spiro atoms. The highest BCUT2D eigenvalue weighted by molar-refractivity contribution is 7.07. The lowest BCUT2D eigenvalue weighted by Crippen LogP contribution is -2.22. The number of fused-ring (bicyclic) bond motifs is 1. The van der Waals surface area contributed by atoms with Crippen LogP contribution in [0.1, 0.15) is 43.0 Å². The molecule has 1 N–H and O–H groups in total. The molecule has 0 aromatic carbocycles. The Labute approximate surface area is 111 Å². The number of hydrogen-bond acceptors (Lipinski definition) is 4. The van der Waals surface area contributed by atoms with Crippen molar-refractivity contribution in [2.45, 2.75) is 45.3 Å². The van der Waals surface area contributed by atoms with Gasteiger partial charge in [-0.2, -0.15) is 11.3 Å². The zero-order valence-corrected chi connectivity index (χ0v) is 11.4. The number of hydrogen-bond donors (Lipinski definition) is 1. The van der Waals surface area contributed by atoms with E-state index in [4.69, 9.17) is 0 Å². The predicted octanol–water partition coefficient (Wildman–Crippen LogP) is 2.53. The minimum Gasteiger partial charge on any atom is -0.314 e. The summed E-state index contributed by atoms with van der Waals surface area (Å²) in [6.07, 6.45) is 3.57. The van der Waals surface area contributed by atoms with Gasteiger partial charge in [0, 0.05) is 19.0 Å². The van der Waals surface area contributed by atoms with Crippen molar-refractivity contribution >= 4 is 11.3 Å². The van der Waals surface area contributed by atoms with Crippen LogP contribution in [0, 0.1) is 0 Å². The summed E-state index contributed by atoms with van der Waals surface area (Å²) in [5.74, 6) is 2.23. The molecule has 3 rings (SSSR count). The third-order valence-corrected chi connectivity index (χ3v) is 4.25. The molecule has 4 nitrogen and oxygen atoms in total. The average molecular weight is 262 g/mol. The van der Waals surface area contributed by atoms with Crippen LogP contribution >= 0.6 is 11.3 Å². The minimum atomic E-state index is 0.368. The van der Waals surface area contributed by atoms with Gasteiger partial charge >= 0.3 is 0 Å². The smallest absolute Gasteiger partial charge is 0.147 e. The van der Waals surface area contributed by atoms with Gasteiger partial charge in [0.05, 0.1) is 6.54 Å². The first-order valence-corrected chi connectivity index (χ1v) is 7.45. The highest BCUT2D eigenvalue weighted by atomic mass is 32.1. The zero-order valence-electron chi connectivity index (χ0n) is 10.6. The molecule has 0 saturated carbocycles. The normalized spacial score (nSPS) is 16.5. The third kappa shape index (κ3) is 2.33. The summed E-state index contributed by atoms with van der Waals surface area (Å²) < 4.78 is 2.27. The van der Waals surface area contributed by atoms with Crippen LogP contribution < -0.4 is 5.32 Å². The number of thiophene rings is 1. The molecule has 0 bridgehead atoms. The molecule has 0 aliphatic carbocycles. The second-order valence-electron chi connectivity index (χ2n) is 4.80. The van der Waals surface area contributed by atoms with E-state index in [1.165, 1.54) is 18.4 Å². The molecule has 96 valence electrons. The highest BCUT2D eigenvalue weighted by Gasteiger charge is 2.16. The lowest BCUT2D eigenvalue weighted by molar-refractivity contribution is 0.484. The summed E-state index contributed by atoms with van der Waals surface area (Å²) in [5, 5.41) is 16.4. The van der Waals surface area contributed by atoms with Gasteiger partial charge in [0.25, 0.3) is 0 Å². The van der Waals surface area contributed by atoms with Crippen LogP contribution in [0.15, 0.2) is 16.8 Å². The van der Waals surface area contributed by atoms with Gasteiger partial charge in [-0.25, -0.2) is 0 Å². The van der Waals surface area contributed by atoms with Gasteiger partial charge in [0.2, 0.25) is 0 Å². The van der Waals surface area contributed by atoms with Crippen molar-refractivity contribution in [3.8, 4) is 0 Å². The largest absolute Gasteiger partial charge is 0.314 e. The fourth-order valence-electron chi connectivity index (χ4n) is 2.38. The predicted molar refractivity (Wildman–Crippen MR) is 72.5 cm³/mol.